The highest BCUT2D eigenvalue weighted by molar-refractivity contribution is 4.91. The van der Waals surface area contributed by atoms with E-state index in [-0.39, 0.29) is 0 Å². The first kappa shape index (κ1) is 8.73. The van der Waals surface area contributed by atoms with Crippen molar-refractivity contribution in [3.8, 4) is 0 Å². The molecule has 1 aliphatic rings. The van der Waals surface area contributed by atoms with Crippen molar-refractivity contribution in [1.82, 2.24) is 10.1 Å². The Bertz CT molecular complexity index is 237. The van der Waals surface area contributed by atoms with Gasteiger partial charge in [-0.2, -0.15) is 4.98 Å². The van der Waals surface area contributed by atoms with Crippen LogP contribution in [-0.4, -0.2) is 10.1 Å². The number of rotatable bonds is 2. The highest BCUT2D eigenvalue weighted by Gasteiger charge is 2.24. The van der Waals surface area contributed by atoms with Gasteiger partial charge in [-0.3, -0.25) is 0 Å². The summed E-state index contributed by atoms with van der Waals surface area (Å²) in [5.41, 5.74) is 0. The number of aromatic nitrogens is 2. The fourth-order valence-electron chi connectivity index (χ4n) is 2.18. The number of hydrogen-bond acceptors (Lipinski definition) is 3. The molecular formula is C10H16N2O. The Morgan fingerprint density at radius 3 is 2.69 bits per heavy atom. The molecule has 0 bridgehead atoms. The van der Waals surface area contributed by atoms with Gasteiger partial charge in [0.2, 0.25) is 5.89 Å². The van der Waals surface area contributed by atoms with Crippen LogP contribution in [0.4, 0.5) is 0 Å². The van der Waals surface area contributed by atoms with Crippen molar-refractivity contribution in [1.29, 1.82) is 0 Å². The number of nitrogens with zero attached hydrogens (tertiary/aromatic N) is 2. The molecule has 3 nitrogen and oxygen atoms in total. The third-order valence-corrected chi connectivity index (χ3v) is 3.15. The van der Waals surface area contributed by atoms with E-state index in [1.165, 1.54) is 38.4 Å². The van der Waals surface area contributed by atoms with Crippen LogP contribution in [0.3, 0.4) is 0 Å². The van der Waals surface area contributed by atoms with Crippen molar-refractivity contribution >= 4 is 0 Å². The second-order valence-corrected chi connectivity index (χ2v) is 3.91. The van der Waals surface area contributed by atoms with Gasteiger partial charge < -0.3 is 4.52 Å². The van der Waals surface area contributed by atoms with Crippen molar-refractivity contribution < 1.29 is 4.52 Å². The summed E-state index contributed by atoms with van der Waals surface area (Å²) in [7, 11) is 0. The summed E-state index contributed by atoms with van der Waals surface area (Å²) in [6, 6.07) is 0. The van der Waals surface area contributed by atoms with Crippen LogP contribution in [0, 0.1) is 5.92 Å². The summed E-state index contributed by atoms with van der Waals surface area (Å²) < 4.78 is 5.08. The monoisotopic (exact) mass is 180 g/mol. The lowest BCUT2D eigenvalue weighted by molar-refractivity contribution is 0.267. The summed E-state index contributed by atoms with van der Waals surface area (Å²) in [5, 5.41) is 3.65. The lowest BCUT2D eigenvalue weighted by Crippen LogP contribution is -2.12. The Morgan fingerprint density at radius 2 is 2.15 bits per heavy atom. The second-order valence-electron chi connectivity index (χ2n) is 3.91. The van der Waals surface area contributed by atoms with Crippen LogP contribution in [0.15, 0.2) is 10.9 Å². The largest absolute Gasteiger partial charge is 0.339 e. The third-order valence-electron chi connectivity index (χ3n) is 3.15. The van der Waals surface area contributed by atoms with Crippen LogP contribution in [0.2, 0.25) is 0 Å². The van der Waals surface area contributed by atoms with Crippen molar-refractivity contribution in [2.24, 2.45) is 5.92 Å². The minimum atomic E-state index is 0.533. The van der Waals surface area contributed by atoms with E-state index in [1.807, 2.05) is 0 Å². The topological polar surface area (TPSA) is 38.9 Å². The van der Waals surface area contributed by atoms with E-state index >= 15 is 0 Å². The maximum atomic E-state index is 5.08. The van der Waals surface area contributed by atoms with E-state index in [9.17, 15) is 0 Å². The first-order chi connectivity index (χ1) is 6.40. The predicted octanol–water partition coefficient (Wildman–Crippen LogP) is 2.75. The van der Waals surface area contributed by atoms with Gasteiger partial charge >= 0.3 is 0 Å². The predicted molar refractivity (Wildman–Crippen MR) is 49.3 cm³/mol. The summed E-state index contributed by atoms with van der Waals surface area (Å²) in [4.78, 5) is 4.11. The summed E-state index contributed by atoms with van der Waals surface area (Å²) >= 11 is 0. The van der Waals surface area contributed by atoms with Gasteiger partial charge in [0.05, 0.1) is 0 Å². The van der Waals surface area contributed by atoms with E-state index in [4.69, 9.17) is 4.52 Å². The summed E-state index contributed by atoms with van der Waals surface area (Å²) in [6.45, 7) is 2.28. The zero-order valence-electron chi connectivity index (χ0n) is 8.07. The van der Waals surface area contributed by atoms with Crippen LogP contribution in [0.1, 0.15) is 50.8 Å². The molecule has 3 heteroatoms. The highest BCUT2D eigenvalue weighted by atomic mass is 16.5. The third kappa shape index (κ3) is 1.90. The van der Waals surface area contributed by atoms with E-state index in [0.29, 0.717) is 5.92 Å². The van der Waals surface area contributed by atoms with Crippen LogP contribution >= 0.6 is 0 Å². The first-order valence-corrected chi connectivity index (χ1v) is 5.16. The van der Waals surface area contributed by atoms with Gasteiger partial charge in [-0.15, -0.1) is 0 Å². The smallest absolute Gasteiger partial charge is 0.229 e. The number of hydrogen-bond donors (Lipinski definition) is 0. The molecule has 0 N–H and O–H groups in total. The Kier molecular flexibility index (Phi) is 2.62. The molecular weight excluding hydrogens is 164 g/mol. The molecule has 13 heavy (non-hydrogen) atoms. The van der Waals surface area contributed by atoms with Gasteiger partial charge in [0.25, 0.3) is 0 Å². The molecule has 1 fully saturated rings. The summed E-state index contributed by atoms with van der Waals surface area (Å²) in [6.07, 6.45) is 7.91. The van der Waals surface area contributed by atoms with E-state index in [0.717, 1.165) is 11.8 Å². The minimum Gasteiger partial charge on any atom is -0.339 e. The van der Waals surface area contributed by atoms with E-state index < -0.39 is 0 Å². The molecule has 0 aliphatic heterocycles. The molecule has 1 aromatic heterocycles. The Labute approximate surface area is 78.5 Å². The molecule has 0 radical (unpaired) electrons. The fourth-order valence-corrected chi connectivity index (χ4v) is 2.18. The highest BCUT2D eigenvalue weighted by Crippen LogP contribution is 2.35. The van der Waals surface area contributed by atoms with E-state index in [1.54, 1.807) is 0 Å². The van der Waals surface area contributed by atoms with Crippen molar-refractivity contribution in [3.05, 3.63) is 12.2 Å². The zero-order chi connectivity index (χ0) is 9.10. The standard InChI is InChI=1S/C10H16N2O/c1-2-8-3-5-9(6-4-8)10-11-7-12-13-10/h7-9H,2-6H2,1H3. The van der Waals surface area contributed by atoms with Gasteiger partial charge in [-0.1, -0.05) is 18.5 Å². The molecule has 0 unspecified atom stereocenters. The average Bonchev–Trinajstić information content (AvgIpc) is 2.71. The maximum absolute atomic E-state index is 5.08. The van der Waals surface area contributed by atoms with Crippen LogP contribution in [0.25, 0.3) is 0 Å². The molecule has 0 saturated heterocycles. The molecule has 0 spiro atoms. The van der Waals surface area contributed by atoms with Gasteiger partial charge in [-0.25, -0.2) is 0 Å². The van der Waals surface area contributed by atoms with Crippen molar-refractivity contribution in [2.45, 2.75) is 44.9 Å². The van der Waals surface area contributed by atoms with E-state index in [2.05, 4.69) is 17.1 Å². The van der Waals surface area contributed by atoms with Crippen LogP contribution in [0.5, 0.6) is 0 Å². The maximum Gasteiger partial charge on any atom is 0.229 e. The molecule has 1 aliphatic carbocycles. The quantitative estimate of drug-likeness (QED) is 0.702. The molecule has 1 saturated carbocycles. The van der Waals surface area contributed by atoms with Crippen LogP contribution < -0.4 is 0 Å². The van der Waals surface area contributed by atoms with Crippen molar-refractivity contribution in [3.63, 3.8) is 0 Å². The Balaban J connectivity index is 1.92. The SMILES string of the molecule is CCC1CCC(c2ncno2)CC1. The van der Waals surface area contributed by atoms with Crippen molar-refractivity contribution in [2.75, 3.05) is 0 Å². The lowest BCUT2D eigenvalue weighted by Gasteiger charge is -2.25. The Hall–Kier alpha value is -0.860. The lowest BCUT2D eigenvalue weighted by atomic mass is 9.81. The van der Waals surface area contributed by atoms with Gasteiger partial charge in [0.15, 0.2) is 6.33 Å². The molecule has 72 valence electrons. The molecule has 1 aromatic rings. The Morgan fingerprint density at radius 1 is 1.38 bits per heavy atom. The molecule has 1 heterocycles. The van der Waals surface area contributed by atoms with Gasteiger partial charge in [0.1, 0.15) is 0 Å². The van der Waals surface area contributed by atoms with Gasteiger partial charge in [0, 0.05) is 5.92 Å². The molecule has 0 aromatic carbocycles. The summed E-state index contributed by atoms with van der Waals surface area (Å²) in [5.74, 6) is 2.30. The molecule has 0 atom stereocenters. The average molecular weight is 180 g/mol. The van der Waals surface area contributed by atoms with Crippen LogP contribution in [-0.2, 0) is 0 Å². The zero-order valence-corrected chi connectivity index (χ0v) is 8.07. The molecule has 0 amide bonds. The molecule has 2 rings (SSSR count). The first-order valence-electron chi connectivity index (χ1n) is 5.16. The van der Waals surface area contributed by atoms with Gasteiger partial charge in [-0.05, 0) is 31.6 Å². The normalized spacial score (nSPS) is 29.0. The second kappa shape index (κ2) is 3.90. The fraction of sp³-hybridized carbons (Fsp3) is 0.800. The minimum absolute atomic E-state index is 0.533.